The first kappa shape index (κ1) is 23.4. The number of hydrogen-bond acceptors (Lipinski definition) is 5. The van der Waals surface area contributed by atoms with Gasteiger partial charge in [-0.1, -0.05) is 24.6 Å². The van der Waals surface area contributed by atoms with Gasteiger partial charge in [0.05, 0.1) is 25.0 Å². The molecule has 0 radical (unpaired) electrons. The summed E-state index contributed by atoms with van der Waals surface area (Å²) in [5.74, 6) is -2.78. The zero-order chi connectivity index (χ0) is 23.6. The van der Waals surface area contributed by atoms with Gasteiger partial charge in [0.25, 0.3) is 5.92 Å². The Kier molecular flexibility index (Phi) is 6.56. The molecule has 8 heteroatoms. The van der Waals surface area contributed by atoms with Crippen LogP contribution in [0.4, 0.5) is 8.78 Å². The van der Waals surface area contributed by atoms with Crippen molar-refractivity contribution in [3.63, 3.8) is 0 Å². The van der Waals surface area contributed by atoms with Gasteiger partial charge in [0.2, 0.25) is 0 Å². The monoisotopic (exact) mass is 455 g/mol. The van der Waals surface area contributed by atoms with Crippen molar-refractivity contribution in [3.05, 3.63) is 53.1 Å². The lowest BCUT2D eigenvalue weighted by Crippen LogP contribution is -2.34. The highest BCUT2D eigenvalue weighted by molar-refractivity contribution is 5.84. The molecular weight excluding hydrogens is 424 g/mol. The molecule has 33 heavy (non-hydrogen) atoms. The van der Waals surface area contributed by atoms with Crippen LogP contribution in [0.15, 0.2) is 35.2 Å². The highest BCUT2D eigenvalue weighted by Gasteiger charge is 2.43. The maximum Gasteiger partial charge on any atom is 0.252 e. The Hall–Kier alpha value is -2.74. The van der Waals surface area contributed by atoms with E-state index in [1.54, 1.807) is 20.4 Å². The van der Waals surface area contributed by atoms with Gasteiger partial charge < -0.3 is 4.74 Å². The fraction of sp³-hybridized carbons (Fsp3) is 0.520. The van der Waals surface area contributed by atoms with Crippen molar-refractivity contribution in [3.8, 4) is 11.1 Å². The van der Waals surface area contributed by atoms with E-state index < -0.39 is 5.92 Å². The first-order valence-corrected chi connectivity index (χ1v) is 11.4. The van der Waals surface area contributed by atoms with Gasteiger partial charge in [0.15, 0.2) is 0 Å². The second kappa shape index (κ2) is 9.25. The lowest BCUT2D eigenvalue weighted by molar-refractivity contribution is -0.0127. The van der Waals surface area contributed by atoms with Crippen LogP contribution < -0.4 is 5.43 Å². The van der Waals surface area contributed by atoms with Gasteiger partial charge in [0, 0.05) is 48.5 Å². The Bertz CT molecular complexity index is 1080. The van der Waals surface area contributed by atoms with Crippen LogP contribution in [0, 0.1) is 6.92 Å². The van der Waals surface area contributed by atoms with Crippen LogP contribution in [-0.2, 0) is 23.0 Å². The molecule has 2 aromatic heterocycles. The third-order valence-electron chi connectivity index (χ3n) is 6.80. The third kappa shape index (κ3) is 4.53. The topological polar surface area (TPSA) is 71.8 Å². The van der Waals surface area contributed by atoms with Gasteiger partial charge >= 0.3 is 0 Å². The minimum absolute atomic E-state index is 0.193. The minimum Gasteiger partial charge on any atom is -0.384 e. The highest BCUT2D eigenvalue weighted by Crippen LogP contribution is 2.48. The summed E-state index contributed by atoms with van der Waals surface area (Å²) in [5.41, 5.74) is 8.39. The van der Waals surface area contributed by atoms with Gasteiger partial charge in [-0.25, -0.2) is 8.78 Å². The van der Waals surface area contributed by atoms with Gasteiger partial charge in [0.1, 0.15) is 0 Å². The molecule has 0 amide bonds. The van der Waals surface area contributed by atoms with Crippen LogP contribution in [0.2, 0.25) is 0 Å². The van der Waals surface area contributed by atoms with E-state index in [1.165, 1.54) is 0 Å². The SMILES string of the molecule is C=C(NN=NC)c1c(C2(COC)CCCC2)nc2c(c1-c1ccnc(C)c1)CC(F)(F)CC2. The molecule has 2 aromatic rings. The number of fused-ring (bicyclic) bond motifs is 1. The molecule has 0 saturated heterocycles. The summed E-state index contributed by atoms with van der Waals surface area (Å²) in [7, 11) is 3.26. The maximum absolute atomic E-state index is 14.7. The second-order valence-corrected chi connectivity index (χ2v) is 9.17. The molecule has 176 valence electrons. The lowest BCUT2D eigenvalue weighted by atomic mass is 9.75. The van der Waals surface area contributed by atoms with E-state index in [0.717, 1.165) is 59.5 Å². The quantitative estimate of drug-likeness (QED) is 0.436. The average molecular weight is 456 g/mol. The predicted molar refractivity (Wildman–Crippen MR) is 124 cm³/mol. The van der Waals surface area contributed by atoms with Crippen LogP contribution in [0.25, 0.3) is 16.8 Å². The van der Waals surface area contributed by atoms with Crippen LogP contribution in [0.3, 0.4) is 0 Å². The minimum atomic E-state index is -2.78. The Morgan fingerprint density at radius 3 is 2.70 bits per heavy atom. The smallest absolute Gasteiger partial charge is 0.252 e. The van der Waals surface area contributed by atoms with Crippen LogP contribution in [0.5, 0.6) is 0 Å². The van der Waals surface area contributed by atoms with Crippen molar-refractivity contribution >= 4 is 5.70 Å². The van der Waals surface area contributed by atoms with E-state index in [2.05, 4.69) is 27.3 Å². The van der Waals surface area contributed by atoms with Crippen LogP contribution >= 0.6 is 0 Å². The zero-order valence-corrected chi connectivity index (χ0v) is 19.5. The van der Waals surface area contributed by atoms with E-state index in [9.17, 15) is 8.78 Å². The summed E-state index contributed by atoms with van der Waals surface area (Å²) in [6, 6.07) is 3.80. The van der Waals surface area contributed by atoms with E-state index >= 15 is 0 Å². The standard InChI is InChI=1S/C25H31F2N5O/c1-16-13-18(8-12-29-16)22-19-14-25(26,27)11-7-20(19)30-23(21(22)17(2)31-32-28-3)24(15-33-4)9-5-6-10-24/h8,12-13H,2,5-7,9-11,14-15H2,1,3-4H3,(H,28,31). The van der Waals surface area contributed by atoms with Gasteiger partial charge in [-0.15, -0.1) is 0 Å². The second-order valence-electron chi connectivity index (χ2n) is 9.17. The molecule has 0 aromatic carbocycles. The average Bonchev–Trinajstić information content (AvgIpc) is 3.25. The van der Waals surface area contributed by atoms with E-state index in [4.69, 9.17) is 9.72 Å². The molecular formula is C25H31F2N5O. The Morgan fingerprint density at radius 2 is 2.03 bits per heavy atom. The maximum atomic E-state index is 14.7. The number of aryl methyl sites for hydroxylation is 2. The number of ether oxygens (including phenoxy) is 1. The van der Waals surface area contributed by atoms with E-state index in [1.807, 2.05) is 19.1 Å². The lowest BCUT2D eigenvalue weighted by Gasteiger charge is -2.35. The summed E-state index contributed by atoms with van der Waals surface area (Å²) < 4.78 is 35.0. The molecule has 0 unspecified atom stereocenters. The van der Waals surface area contributed by atoms with Crippen molar-refractivity contribution < 1.29 is 13.5 Å². The first-order valence-electron chi connectivity index (χ1n) is 11.4. The van der Waals surface area contributed by atoms with Crippen molar-refractivity contribution in [2.75, 3.05) is 20.8 Å². The zero-order valence-electron chi connectivity index (χ0n) is 19.5. The summed E-state index contributed by atoms with van der Waals surface area (Å²) in [6.45, 7) is 6.64. The number of halogens is 2. The Morgan fingerprint density at radius 1 is 1.27 bits per heavy atom. The molecule has 1 N–H and O–H groups in total. The van der Waals surface area contributed by atoms with Crippen LogP contribution in [-0.4, -0.2) is 36.7 Å². The highest BCUT2D eigenvalue weighted by atomic mass is 19.3. The summed E-state index contributed by atoms with van der Waals surface area (Å²) in [6.07, 6.45) is 5.39. The molecule has 0 spiro atoms. The predicted octanol–water partition coefficient (Wildman–Crippen LogP) is 5.59. The van der Waals surface area contributed by atoms with Gasteiger partial charge in [-0.2, -0.15) is 5.11 Å². The summed E-state index contributed by atoms with van der Waals surface area (Å²) >= 11 is 0. The number of alkyl halides is 2. The molecule has 1 saturated carbocycles. The number of rotatable bonds is 7. The van der Waals surface area contributed by atoms with Crippen molar-refractivity contribution in [2.45, 2.75) is 63.2 Å². The first-order chi connectivity index (χ1) is 15.8. The molecule has 0 bridgehead atoms. The van der Waals surface area contributed by atoms with Gasteiger partial charge in [-0.05, 0) is 55.0 Å². The fourth-order valence-electron chi connectivity index (χ4n) is 5.36. The number of pyridine rings is 2. The third-order valence-corrected chi connectivity index (χ3v) is 6.80. The fourth-order valence-corrected chi connectivity index (χ4v) is 5.36. The number of aromatic nitrogens is 2. The summed E-state index contributed by atoms with van der Waals surface area (Å²) in [5, 5.41) is 7.72. The van der Waals surface area contributed by atoms with Crippen LogP contribution in [0.1, 0.15) is 60.3 Å². The van der Waals surface area contributed by atoms with Crippen molar-refractivity contribution in [1.82, 2.24) is 15.4 Å². The molecule has 2 heterocycles. The molecule has 4 rings (SSSR count). The van der Waals surface area contributed by atoms with E-state index in [0.29, 0.717) is 17.9 Å². The summed E-state index contributed by atoms with van der Waals surface area (Å²) in [4.78, 5) is 9.40. The molecule has 1 fully saturated rings. The van der Waals surface area contributed by atoms with Crippen molar-refractivity contribution in [2.24, 2.45) is 10.3 Å². The molecule has 6 nitrogen and oxygen atoms in total. The largest absolute Gasteiger partial charge is 0.384 e. The van der Waals surface area contributed by atoms with Crippen molar-refractivity contribution in [1.29, 1.82) is 0 Å². The Labute approximate surface area is 193 Å². The molecule has 0 aliphatic heterocycles. The number of hydrogen-bond donors (Lipinski definition) is 1. The van der Waals surface area contributed by atoms with E-state index in [-0.39, 0.29) is 24.7 Å². The number of nitrogens with zero attached hydrogens (tertiary/aromatic N) is 4. The number of methoxy groups -OCH3 is 1. The van der Waals surface area contributed by atoms with Gasteiger partial charge in [-0.3, -0.25) is 15.4 Å². The Balaban J connectivity index is 2.07. The molecule has 0 atom stereocenters. The molecule has 2 aliphatic carbocycles. The number of nitrogens with one attached hydrogen (secondary N) is 1. The molecule has 2 aliphatic rings. The normalized spacial score (nSPS) is 18.9.